The zero-order chi connectivity index (χ0) is 16.3. The van der Waals surface area contributed by atoms with Crippen LogP contribution in [0.4, 0.5) is 21.9 Å². The Hall–Kier alpha value is -3.29. The molecule has 2 amide bonds. The number of hydrogen-bond acceptors (Lipinski definition) is 5. The molecule has 0 spiro atoms. The maximum absolute atomic E-state index is 11.8. The Kier molecular flexibility index (Phi) is 4.12. The molecule has 0 unspecified atom stereocenters. The van der Waals surface area contributed by atoms with Crippen LogP contribution in [-0.4, -0.2) is 23.2 Å². The van der Waals surface area contributed by atoms with Crippen molar-refractivity contribution < 1.29 is 19.6 Å². The summed E-state index contributed by atoms with van der Waals surface area (Å²) in [4.78, 5) is 23.0. The molecule has 114 valence electrons. The number of nitro groups is 1. The lowest BCUT2D eigenvalue weighted by molar-refractivity contribution is -0.384. The van der Waals surface area contributed by atoms with Crippen LogP contribution in [0.3, 0.4) is 0 Å². The molecule has 0 aliphatic rings. The summed E-state index contributed by atoms with van der Waals surface area (Å²) in [6.07, 6.45) is 0. The van der Waals surface area contributed by atoms with E-state index in [1.165, 1.54) is 7.11 Å². The summed E-state index contributed by atoms with van der Waals surface area (Å²) in [5.74, 6) is 0.00233. The number of nitrogens with zero attached hydrogens (tertiary/aromatic N) is 2. The lowest BCUT2D eigenvalue weighted by atomic mass is 10.2. The summed E-state index contributed by atoms with van der Waals surface area (Å²) >= 11 is 0. The van der Waals surface area contributed by atoms with Crippen LogP contribution in [0, 0.1) is 10.1 Å². The lowest BCUT2D eigenvalue weighted by Crippen LogP contribution is -2.31. The number of nitro benzene ring substituents is 1. The highest BCUT2D eigenvalue weighted by Gasteiger charge is 2.24. The first-order chi connectivity index (χ1) is 10.5. The van der Waals surface area contributed by atoms with Crippen molar-refractivity contribution in [3.8, 4) is 11.5 Å². The van der Waals surface area contributed by atoms with Gasteiger partial charge in [-0.25, -0.2) is 4.79 Å². The average molecular weight is 303 g/mol. The van der Waals surface area contributed by atoms with Gasteiger partial charge in [0.2, 0.25) is 0 Å². The fraction of sp³-hybridized carbons (Fsp3) is 0.0714. The number of aromatic hydroxyl groups is 1. The minimum absolute atomic E-state index is 0.105. The van der Waals surface area contributed by atoms with Gasteiger partial charge in [0.25, 0.3) is 5.69 Å². The van der Waals surface area contributed by atoms with E-state index in [2.05, 4.69) is 0 Å². The highest BCUT2D eigenvalue weighted by atomic mass is 16.6. The summed E-state index contributed by atoms with van der Waals surface area (Å²) in [6, 6.07) is 8.87. The summed E-state index contributed by atoms with van der Waals surface area (Å²) < 4.78 is 5.15. The number of non-ortho nitro benzene ring substituents is 1. The van der Waals surface area contributed by atoms with E-state index >= 15 is 0 Å². The predicted octanol–water partition coefficient (Wildman–Crippen LogP) is 2.53. The molecular formula is C14H13N3O5. The Morgan fingerprint density at radius 1 is 1.27 bits per heavy atom. The van der Waals surface area contributed by atoms with Crippen LogP contribution in [0.5, 0.6) is 11.5 Å². The van der Waals surface area contributed by atoms with E-state index in [0.717, 1.165) is 23.1 Å². The summed E-state index contributed by atoms with van der Waals surface area (Å²) in [6.45, 7) is 0. The van der Waals surface area contributed by atoms with Crippen molar-refractivity contribution in [2.45, 2.75) is 0 Å². The van der Waals surface area contributed by atoms with Crippen molar-refractivity contribution in [1.82, 2.24) is 0 Å². The number of phenols is 1. The number of primary amides is 1. The SMILES string of the molecule is COc1ccccc1N(C(N)=O)c1cc([N+](=O)[O-])ccc1O. The number of carbonyl (C=O) groups excluding carboxylic acids is 1. The third kappa shape index (κ3) is 2.75. The summed E-state index contributed by atoms with van der Waals surface area (Å²) in [7, 11) is 1.41. The molecule has 0 aromatic heterocycles. The smallest absolute Gasteiger partial charge is 0.324 e. The largest absolute Gasteiger partial charge is 0.506 e. The van der Waals surface area contributed by atoms with Crippen molar-refractivity contribution in [3.05, 3.63) is 52.6 Å². The van der Waals surface area contributed by atoms with Crippen LogP contribution >= 0.6 is 0 Å². The number of urea groups is 1. The van der Waals surface area contributed by atoms with Crippen LogP contribution in [0.15, 0.2) is 42.5 Å². The second kappa shape index (κ2) is 6.00. The van der Waals surface area contributed by atoms with Crippen molar-refractivity contribution in [3.63, 3.8) is 0 Å². The fourth-order valence-corrected chi connectivity index (χ4v) is 1.99. The fourth-order valence-electron chi connectivity index (χ4n) is 1.99. The van der Waals surface area contributed by atoms with Gasteiger partial charge < -0.3 is 15.6 Å². The number of para-hydroxylation sites is 2. The summed E-state index contributed by atoms with van der Waals surface area (Å²) in [5, 5.41) is 20.8. The molecule has 0 radical (unpaired) electrons. The van der Waals surface area contributed by atoms with E-state index in [-0.39, 0.29) is 22.8 Å². The number of nitrogens with two attached hydrogens (primary N) is 1. The van der Waals surface area contributed by atoms with Crippen molar-refractivity contribution in [1.29, 1.82) is 0 Å². The molecule has 3 N–H and O–H groups in total. The van der Waals surface area contributed by atoms with Crippen LogP contribution in [0.2, 0.25) is 0 Å². The van der Waals surface area contributed by atoms with E-state index in [4.69, 9.17) is 10.5 Å². The molecule has 0 bridgehead atoms. The van der Waals surface area contributed by atoms with Gasteiger partial charge in [0.05, 0.1) is 23.4 Å². The van der Waals surface area contributed by atoms with Crippen LogP contribution in [0.25, 0.3) is 0 Å². The van der Waals surface area contributed by atoms with E-state index in [9.17, 15) is 20.0 Å². The monoisotopic (exact) mass is 303 g/mol. The van der Waals surface area contributed by atoms with E-state index < -0.39 is 11.0 Å². The van der Waals surface area contributed by atoms with Crippen LogP contribution in [-0.2, 0) is 0 Å². The number of ether oxygens (including phenoxy) is 1. The molecule has 0 aliphatic heterocycles. The lowest BCUT2D eigenvalue weighted by Gasteiger charge is -2.23. The molecule has 0 heterocycles. The Bertz CT molecular complexity index is 732. The maximum Gasteiger partial charge on any atom is 0.324 e. The molecule has 0 aliphatic carbocycles. The molecule has 0 atom stereocenters. The van der Waals surface area contributed by atoms with E-state index in [1.54, 1.807) is 24.3 Å². The number of hydrogen-bond donors (Lipinski definition) is 2. The van der Waals surface area contributed by atoms with Crippen molar-refractivity contribution in [2.24, 2.45) is 5.73 Å². The minimum atomic E-state index is -0.916. The molecule has 22 heavy (non-hydrogen) atoms. The third-order valence-electron chi connectivity index (χ3n) is 2.96. The summed E-state index contributed by atoms with van der Waals surface area (Å²) in [5.41, 5.74) is 5.24. The standard InChI is InChI=1S/C14H13N3O5/c1-22-13-5-3-2-4-10(13)16(14(15)19)11-8-9(17(20)21)6-7-12(11)18/h2-8,18H,1H3,(H2,15,19). The molecule has 0 saturated carbocycles. The Morgan fingerprint density at radius 2 is 1.95 bits per heavy atom. The second-order valence-corrected chi connectivity index (χ2v) is 4.28. The molecule has 2 aromatic carbocycles. The molecular weight excluding hydrogens is 290 g/mol. The molecule has 8 nitrogen and oxygen atoms in total. The van der Waals surface area contributed by atoms with Crippen molar-refractivity contribution >= 4 is 23.1 Å². The second-order valence-electron chi connectivity index (χ2n) is 4.28. The number of rotatable bonds is 4. The highest BCUT2D eigenvalue weighted by Crippen LogP contribution is 2.39. The number of methoxy groups -OCH3 is 1. The number of amides is 2. The van der Waals surface area contributed by atoms with Gasteiger partial charge in [-0.1, -0.05) is 12.1 Å². The van der Waals surface area contributed by atoms with Crippen LogP contribution < -0.4 is 15.4 Å². The zero-order valence-corrected chi connectivity index (χ0v) is 11.6. The topological polar surface area (TPSA) is 119 Å². The molecule has 0 saturated heterocycles. The van der Waals surface area contributed by atoms with Gasteiger partial charge in [0.1, 0.15) is 11.5 Å². The van der Waals surface area contributed by atoms with Gasteiger partial charge in [0, 0.05) is 12.1 Å². The first kappa shape index (κ1) is 15.1. The third-order valence-corrected chi connectivity index (χ3v) is 2.96. The number of benzene rings is 2. The zero-order valence-electron chi connectivity index (χ0n) is 11.6. The Balaban J connectivity index is 2.65. The minimum Gasteiger partial charge on any atom is -0.506 e. The van der Waals surface area contributed by atoms with Gasteiger partial charge in [-0.05, 0) is 18.2 Å². The van der Waals surface area contributed by atoms with Gasteiger partial charge in [-0.3, -0.25) is 15.0 Å². The number of carbonyl (C=O) groups is 1. The maximum atomic E-state index is 11.8. The normalized spacial score (nSPS) is 10.0. The average Bonchev–Trinajstić information content (AvgIpc) is 2.49. The highest BCUT2D eigenvalue weighted by molar-refractivity contribution is 6.01. The Morgan fingerprint density at radius 3 is 2.55 bits per heavy atom. The Labute approximate surface area is 125 Å². The first-order valence-corrected chi connectivity index (χ1v) is 6.15. The number of phenolic OH excluding ortho intramolecular Hbond substituents is 1. The molecule has 8 heteroatoms. The van der Waals surface area contributed by atoms with Gasteiger partial charge in [-0.2, -0.15) is 0 Å². The molecule has 2 rings (SSSR count). The van der Waals surface area contributed by atoms with Gasteiger partial charge >= 0.3 is 6.03 Å². The van der Waals surface area contributed by atoms with Gasteiger partial charge in [0.15, 0.2) is 0 Å². The first-order valence-electron chi connectivity index (χ1n) is 6.15. The van der Waals surface area contributed by atoms with E-state index in [1.807, 2.05) is 0 Å². The predicted molar refractivity (Wildman–Crippen MR) is 79.5 cm³/mol. The molecule has 0 fully saturated rings. The van der Waals surface area contributed by atoms with Crippen molar-refractivity contribution in [2.75, 3.05) is 12.0 Å². The quantitative estimate of drug-likeness (QED) is 0.664. The van der Waals surface area contributed by atoms with Crippen LogP contribution in [0.1, 0.15) is 0 Å². The van der Waals surface area contributed by atoms with E-state index in [0.29, 0.717) is 5.75 Å². The van der Waals surface area contributed by atoms with Gasteiger partial charge in [-0.15, -0.1) is 0 Å². The molecule has 2 aromatic rings. The number of anilines is 2.